The van der Waals surface area contributed by atoms with E-state index in [1.165, 1.54) is 6.20 Å². The molecule has 3 aromatic heterocycles. The third-order valence-corrected chi connectivity index (χ3v) is 14.9. The monoisotopic (exact) mass is 723 g/mol. The minimum Gasteiger partial charge on any atom is -0.402 e. The summed E-state index contributed by atoms with van der Waals surface area (Å²) < 4.78 is 74.3. The quantitative estimate of drug-likeness (QED) is 0.133. The van der Waals surface area contributed by atoms with Crippen LogP contribution >= 0.6 is 11.3 Å². The Balaban J connectivity index is 1.54. The first-order valence-electron chi connectivity index (χ1n) is 16.2. The highest BCUT2D eigenvalue weighted by atomic mass is 32.1. The molecule has 0 aliphatic carbocycles. The summed E-state index contributed by atoms with van der Waals surface area (Å²) in [6.45, 7) is 15.8. The molecular weight excluding hydrogens is 679 g/mol. The number of halogens is 4. The van der Waals surface area contributed by atoms with Gasteiger partial charge in [-0.25, -0.2) is 4.39 Å². The van der Waals surface area contributed by atoms with E-state index in [2.05, 4.69) is 25.9 Å². The zero-order chi connectivity index (χ0) is 36.1. The second-order valence-corrected chi connectivity index (χ2v) is 21.0. The molecule has 4 heterocycles. The Morgan fingerprint density at radius 3 is 2.51 bits per heavy atom. The third-order valence-electron chi connectivity index (χ3n) is 9.22. The number of nitrogens with one attached hydrogen (secondary N) is 2. The van der Waals surface area contributed by atoms with Crippen LogP contribution in [0.5, 0.6) is 0 Å². The molecule has 5 rings (SSSR count). The summed E-state index contributed by atoms with van der Waals surface area (Å²) >= 11 is 1.07. The molecule has 2 N–H and O–H groups in total. The summed E-state index contributed by atoms with van der Waals surface area (Å²) in [5.74, 6) is -0.482. The molecule has 1 aliphatic heterocycles. The van der Waals surface area contributed by atoms with Gasteiger partial charge in [0.2, 0.25) is 11.7 Å². The molecule has 10 nitrogen and oxygen atoms in total. The highest BCUT2D eigenvalue weighted by Gasteiger charge is 2.51. The van der Waals surface area contributed by atoms with E-state index in [0.29, 0.717) is 34.3 Å². The van der Waals surface area contributed by atoms with Gasteiger partial charge in [-0.2, -0.15) is 23.3 Å². The van der Waals surface area contributed by atoms with Crippen molar-refractivity contribution in [2.24, 2.45) is 0 Å². The Bertz CT molecular complexity index is 1790. The van der Waals surface area contributed by atoms with Gasteiger partial charge in [-0.05, 0) is 58.4 Å². The third kappa shape index (κ3) is 8.02. The number of carbonyl (C=O) groups is 1. The lowest BCUT2D eigenvalue weighted by atomic mass is 10.0. The number of alkyl halides is 4. The van der Waals surface area contributed by atoms with Crippen LogP contribution in [-0.2, 0) is 16.5 Å². The number of hydrogen-bond donors (Lipinski definition) is 2. The Morgan fingerprint density at radius 2 is 1.90 bits per heavy atom. The molecule has 4 aromatic rings. The van der Waals surface area contributed by atoms with Crippen LogP contribution in [0, 0.1) is 0 Å². The number of carbonyl (C=O) groups excluding carboxylic acids is 1. The smallest absolute Gasteiger partial charge is 0.402 e. The molecule has 0 bridgehead atoms. The second kappa shape index (κ2) is 13.4. The molecule has 1 saturated heterocycles. The lowest BCUT2D eigenvalue weighted by Gasteiger charge is -2.39. The molecule has 1 aromatic carbocycles. The molecule has 268 valence electrons. The highest BCUT2D eigenvalue weighted by molar-refractivity contribution is 7.23. The predicted molar refractivity (Wildman–Crippen MR) is 185 cm³/mol. The van der Waals surface area contributed by atoms with Crippen molar-refractivity contribution in [3.8, 4) is 10.7 Å². The van der Waals surface area contributed by atoms with Crippen molar-refractivity contribution in [1.29, 1.82) is 0 Å². The number of amides is 1. The van der Waals surface area contributed by atoms with Crippen molar-refractivity contribution in [2.45, 2.75) is 103 Å². The van der Waals surface area contributed by atoms with Gasteiger partial charge in [0, 0.05) is 30.2 Å². The summed E-state index contributed by atoms with van der Waals surface area (Å²) in [5, 5.41) is 14.1. The van der Waals surface area contributed by atoms with Gasteiger partial charge in [0.25, 0.3) is 5.91 Å². The fraction of sp³-hybridized carbons (Fsp3) is 0.576. The van der Waals surface area contributed by atoms with Crippen LogP contribution < -0.4 is 10.6 Å². The van der Waals surface area contributed by atoms with Crippen molar-refractivity contribution in [3.63, 3.8) is 0 Å². The maximum Gasteiger partial charge on any atom is 0.417 e. The Morgan fingerprint density at radius 1 is 1.18 bits per heavy atom. The number of aromatic nitrogens is 4. The van der Waals surface area contributed by atoms with Gasteiger partial charge in [-0.3, -0.25) is 9.48 Å². The van der Waals surface area contributed by atoms with Crippen molar-refractivity contribution in [2.75, 3.05) is 25.5 Å². The molecule has 1 unspecified atom stereocenters. The van der Waals surface area contributed by atoms with E-state index in [1.807, 2.05) is 53.5 Å². The van der Waals surface area contributed by atoms with E-state index in [4.69, 9.17) is 8.95 Å². The van der Waals surface area contributed by atoms with Gasteiger partial charge < -0.3 is 24.5 Å². The molecule has 16 heteroatoms. The number of nitrogens with zero attached hydrogens (tertiary/aromatic N) is 5. The van der Waals surface area contributed by atoms with Crippen LogP contribution in [0.2, 0.25) is 18.1 Å². The number of fused-ring (bicyclic) bond motifs is 1. The van der Waals surface area contributed by atoms with Crippen LogP contribution in [0.25, 0.3) is 20.8 Å². The van der Waals surface area contributed by atoms with Crippen LogP contribution in [0.15, 0.2) is 35.1 Å². The first kappa shape index (κ1) is 36.9. The van der Waals surface area contributed by atoms with E-state index >= 15 is 17.6 Å². The normalized spacial score (nSPS) is 19.0. The van der Waals surface area contributed by atoms with Gasteiger partial charge in [-0.1, -0.05) is 38.1 Å². The maximum absolute atomic E-state index is 15.2. The van der Waals surface area contributed by atoms with Crippen LogP contribution in [0.1, 0.15) is 75.9 Å². The summed E-state index contributed by atoms with van der Waals surface area (Å²) in [6, 6.07) is 4.51. The molecule has 0 spiro atoms. The zero-order valence-corrected chi connectivity index (χ0v) is 31.1. The van der Waals surface area contributed by atoms with Gasteiger partial charge in [0.05, 0.1) is 45.2 Å². The van der Waals surface area contributed by atoms with Crippen molar-refractivity contribution >= 4 is 41.3 Å². The maximum atomic E-state index is 15.2. The number of likely N-dealkylation sites (tertiary alicyclic amines) is 1. The number of benzene rings is 1. The summed E-state index contributed by atoms with van der Waals surface area (Å²) in [4.78, 5) is 19.3. The van der Waals surface area contributed by atoms with E-state index < -0.39 is 43.8 Å². The summed E-state index contributed by atoms with van der Waals surface area (Å²) in [7, 11) is -1.12. The summed E-state index contributed by atoms with van der Waals surface area (Å²) in [5.41, 5.74) is 0.414. The van der Waals surface area contributed by atoms with Gasteiger partial charge >= 0.3 is 6.18 Å². The number of piperidine rings is 1. The molecule has 0 saturated carbocycles. The van der Waals surface area contributed by atoms with Gasteiger partial charge in [-0.15, -0.1) is 11.3 Å². The molecule has 0 radical (unpaired) electrons. The lowest BCUT2D eigenvalue weighted by Crippen LogP contribution is -2.46. The Kier molecular flexibility index (Phi) is 10.1. The second-order valence-electron chi connectivity index (χ2n) is 15.2. The highest BCUT2D eigenvalue weighted by Crippen LogP contribution is 2.52. The Labute approximate surface area is 288 Å². The van der Waals surface area contributed by atoms with Gasteiger partial charge in [0.1, 0.15) is 6.17 Å². The van der Waals surface area contributed by atoms with Crippen LogP contribution in [0.3, 0.4) is 0 Å². The lowest BCUT2D eigenvalue weighted by molar-refractivity contribution is -0.200. The fourth-order valence-corrected chi connectivity index (χ4v) is 7.77. The number of anilines is 1. The van der Waals surface area contributed by atoms with E-state index in [9.17, 15) is 4.79 Å². The van der Waals surface area contributed by atoms with Crippen LogP contribution in [-0.4, -0.2) is 77.6 Å². The molecule has 1 amide bonds. The van der Waals surface area contributed by atoms with E-state index in [0.717, 1.165) is 11.3 Å². The van der Waals surface area contributed by atoms with Crippen molar-refractivity contribution in [1.82, 2.24) is 30.1 Å². The number of rotatable bonds is 9. The molecule has 49 heavy (non-hydrogen) atoms. The minimum atomic E-state index is -4.78. The number of hydrogen-bond acceptors (Lipinski definition) is 9. The standard InChI is InChI=1S/C33H45F4N7O3SSi/c1-31(2,3)44-17-19(15-39-44)30(45)38-16-24-41-29(42-46-24)27-25(28(33(35,36)37)47-49(8,9)32(4,5)6)20-11-10-12-23(26(20)48-27)40-22-13-14-43(7)18-21(22)34/h10-12,15,17,21-22,28,40H,13-14,16,18H2,1-9H3,(H,38,45)/t21-,22+,28?/m0/s1. The average molecular weight is 724 g/mol. The first-order chi connectivity index (χ1) is 22.7. The van der Waals surface area contributed by atoms with Crippen molar-refractivity contribution < 1.29 is 31.3 Å². The largest absolute Gasteiger partial charge is 0.417 e. The molecule has 1 fully saturated rings. The molecular formula is C33H45F4N7O3SSi. The zero-order valence-electron chi connectivity index (χ0n) is 29.3. The summed E-state index contributed by atoms with van der Waals surface area (Å²) in [6.07, 6.45) is -4.61. The topological polar surface area (TPSA) is 110 Å². The van der Waals surface area contributed by atoms with Gasteiger partial charge in [0.15, 0.2) is 14.4 Å². The average Bonchev–Trinajstić information content (AvgIpc) is 3.74. The molecule has 1 aliphatic rings. The van der Waals surface area contributed by atoms with Crippen molar-refractivity contribution in [3.05, 3.63) is 47.6 Å². The van der Waals surface area contributed by atoms with E-state index in [1.54, 1.807) is 42.2 Å². The SMILES string of the molecule is CN1CC[C@@H](Nc2cccc3c(C(O[Si](C)(C)C(C)(C)C)C(F)(F)F)c(-c4noc(CNC(=O)c5cnn(C(C)(C)C)c5)n4)sc23)[C@@H](F)C1. The fourth-order valence-electron chi connectivity index (χ4n) is 5.34. The van der Waals surface area contributed by atoms with E-state index in [-0.39, 0.29) is 40.8 Å². The first-order valence-corrected chi connectivity index (χ1v) is 19.9. The molecule has 3 atom stereocenters. The minimum absolute atomic E-state index is 0.00814. The number of thiophene rings is 1. The van der Waals surface area contributed by atoms with Crippen LogP contribution in [0.4, 0.5) is 23.2 Å². The predicted octanol–water partition coefficient (Wildman–Crippen LogP) is 7.91. The Hall–Kier alpha value is -3.34.